The van der Waals surface area contributed by atoms with Crippen LogP contribution in [0.5, 0.6) is 0 Å². The molecule has 1 amide bonds. The molecule has 1 saturated heterocycles. The molecule has 2 aliphatic heterocycles. The lowest BCUT2D eigenvalue weighted by molar-refractivity contribution is -0.151. The molecular weight excluding hydrogens is 503 g/mol. The van der Waals surface area contributed by atoms with Gasteiger partial charge in [0.2, 0.25) is 0 Å². The number of nitrogens with two attached hydrogens (primary N) is 1. The minimum atomic E-state index is -4.48. The first-order chi connectivity index (χ1) is 16.5. The second-order valence-electron chi connectivity index (χ2n) is 8.89. The Balaban J connectivity index is 1.40. The van der Waals surface area contributed by atoms with Gasteiger partial charge in [0, 0.05) is 18.1 Å². The van der Waals surface area contributed by atoms with E-state index in [4.69, 9.17) is 22.1 Å². The van der Waals surface area contributed by atoms with Crippen LogP contribution >= 0.6 is 22.9 Å². The second kappa shape index (κ2) is 8.79. The molecule has 0 saturated carbocycles. The number of alkyl halides is 3. The van der Waals surface area contributed by atoms with E-state index in [1.807, 2.05) is 6.92 Å². The zero-order valence-electron chi connectivity index (χ0n) is 19.0. The van der Waals surface area contributed by atoms with Crippen molar-refractivity contribution in [3.63, 3.8) is 0 Å². The third-order valence-corrected chi connectivity index (χ3v) is 7.74. The minimum Gasteiger partial charge on any atom is -0.375 e. The SMILES string of the molecule is C[C@@H]1CN(c2cncc3nc(N)sc23)C[C@H](C(=O)N2CCc3cc(C(F)(F)F)cc(Cl)c3[C@@H]2C)O1. The Kier molecular flexibility index (Phi) is 6.05. The summed E-state index contributed by atoms with van der Waals surface area (Å²) >= 11 is 7.65. The number of hydrogen-bond donors (Lipinski definition) is 1. The third-order valence-electron chi connectivity index (χ3n) is 6.51. The molecule has 3 atom stereocenters. The van der Waals surface area contributed by atoms with Gasteiger partial charge in [-0.15, -0.1) is 0 Å². The highest BCUT2D eigenvalue weighted by molar-refractivity contribution is 7.22. The Morgan fingerprint density at radius 2 is 2.03 bits per heavy atom. The van der Waals surface area contributed by atoms with E-state index < -0.39 is 23.9 Å². The number of pyridine rings is 1. The molecule has 0 bridgehead atoms. The maximum absolute atomic E-state index is 13.6. The lowest BCUT2D eigenvalue weighted by Gasteiger charge is -2.42. The Bertz CT molecular complexity index is 1300. The fourth-order valence-corrected chi connectivity index (χ4v) is 6.20. The normalized spacial score (nSPS) is 23.0. The van der Waals surface area contributed by atoms with Crippen LogP contribution in [0.15, 0.2) is 24.5 Å². The molecule has 35 heavy (non-hydrogen) atoms. The average molecular weight is 526 g/mol. The predicted octanol–water partition coefficient (Wildman–Crippen LogP) is 4.69. The van der Waals surface area contributed by atoms with Crippen molar-refractivity contribution in [3.8, 4) is 0 Å². The number of aromatic nitrogens is 2. The molecule has 2 aromatic heterocycles. The predicted molar refractivity (Wildman–Crippen MR) is 129 cm³/mol. The van der Waals surface area contributed by atoms with Crippen molar-refractivity contribution in [2.24, 2.45) is 0 Å². The van der Waals surface area contributed by atoms with Gasteiger partial charge in [0.05, 0.1) is 47.0 Å². The van der Waals surface area contributed by atoms with E-state index >= 15 is 0 Å². The van der Waals surface area contributed by atoms with Crippen LogP contribution in [0.1, 0.15) is 36.6 Å². The van der Waals surface area contributed by atoms with E-state index in [-0.39, 0.29) is 30.0 Å². The van der Waals surface area contributed by atoms with Crippen LogP contribution < -0.4 is 10.6 Å². The molecule has 2 N–H and O–H groups in total. The topological polar surface area (TPSA) is 84.6 Å². The van der Waals surface area contributed by atoms with Crippen LogP contribution in [0.2, 0.25) is 5.02 Å². The van der Waals surface area contributed by atoms with E-state index in [0.29, 0.717) is 34.9 Å². The Hall–Kier alpha value is -2.63. The van der Waals surface area contributed by atoms with Crippen LogP contribution in [-0.4, -0.2) is 52.6 Å². The fraction of sp³-hybridized carbons (Fsp3) is 0.435. The zero-order chi connectivity index (χ0) is 25.1. The van der Waals surface area contributed by atoms with Crippen LogP contribution in [0, 0.1) is 0 Å². The molecule has 0 unspecified atom stereocenters. The number of ether oxygens (including phenoxy) is 1. The fourth-order valence-electron chi connectivity index (χ4n) is 4.96. The number of thiazole rings is 1. The Labute approximate surface area is 208 Å². The van der Waals surface area contributed by atoms with Crippen molar-refractivity contribution in [1.82, 2.24) is 14.9 Å². The second-order valence-corrected chi connectivity index (χ2v) is 10.3. The minimum absolute atomic E-state index is 0.0138. The maximum atomic E-state index is 13.6. The molecule has 7 nitrogen and oxygen atoms in total. The quantitative estimate of drug-likeness (QED) is 0.523. The third kappa shape index (κ3) is 4.41. The number of amides is 1. The molecule has 2 aliphatic rings. The molecule has 12 heteroatoms. The highest BCUT2D eigenvalue weighted by Crippen LogP contribution is 2.41. The molecule has 5 rings (SSSR count). The van der Waals surface area contributed by atoms with Crippen LogP contribution in [0.25, 0.3) is 10.2 Å². The van der Waals surface area contributed by atoms with Crippen molar-refractivity contribution >= 4 is 49.9 Å². The number of hydrogen-bond acceptors (Lipinski definition) is 7. The number of carbonyl (C=O) groups is 1. The summed E-state index contributed by atoms with van der Waals surface area (Å²) in [5.41, 5.74) is 7.71. The first-order valence-electron chi connectivity index (χ1n) is 11.1. The average Bonchev–Trinajstić information content (AvgIpc) is 3.17. The summed E-state index contributed by atoms with van der Waals surface area (Å²) < 4.78 is 46.6. The Morgan fingerprint density at radius 3 is 2.77 bits per heavy atom. The van der Waals surface area contributed by atoms with Gasteiger partial charge in [-0.1, -0.05) is 22.9 Å². The molecule has 1 aromatic carbocycles. The number of rotatable bonds is 2. The van der Waals surface area contributed by atoms with Crippen molar-refractivity contribution in [2.45, 2.75) is 44.7 Å². The largest absolute Gasteiger partial charge is 0.416 e. The number of anilines is 2. The molecular formula is C23H23ClF3N5O2S. The van der Waals surface area contributed by atoms with Gasteiger partial charge in [-0.05, 0) is 43.5 Å². The lowest BCUT2D eigenvalue weighted by Crippen LogP contribution is -2.55. The van der Waals surface area contributed by atoms with Crippen molar-refractivity contribution in [2.75, 3.05) is 30.3 Å². The molecule has 0 aliphatic carbocycles. The van der Waals surface area contributed by atoms with E-state index in [0.717, 1.165) is 22.5 Å². The van der Waals surface area contributed by atoms with Crippen molar-refractivity contribution in [1.29, 1.82) is 0 Å². The number of benzene rings is 1. The number of nitrogen functional groups attached to an aromatic ring is 1. The molecule has 0 spiro atoms. The number of nitrogens with zero attached hydrogens (tertiary/aromatic N) is 4. The smallest absolute Gasteiger partial charge is 0.375 e. The number of halogens is 4. The maximum Gasteiger partial charge on any atom is 0.416 e. The van der Waals surface area contributed by atoms with Crippen molar-refractivity contribution < 1.29 is 22.7 Å². The monoisotopic (exact) mass is 525 g/mol. The molecule has 0 radical (unpaired) electrons. The van der Waals surface area contributed by atoms with Crippen LogP contribution in [-0.2, 0) is 22.1 Å². The number of fused-ring (bicyclic) bond motifs is 2. The van der Waals surface area contributed by atoms with Gasteiger partial charge in [-0.25, -0.2) is 4.98 Å². The van der Waals surface area contributed by atoms with E-state index in [9.17, 15) is 18.0 Å². The molecule has 186 valence electrons. The van der Waals surface area contributed by atoms with Gasteiger partial charge in [-0.3, -0.25) is 9.78 Å². The van der Waals surface area contributed by atoms with E-state index in [2.05, 4.69) is 14.9 Å². The van der Waals surface area contributed by atoms with Gasteiger partial charge in [0.1, 0.15) is 5.52 Å². The van der Waals surface area contributed by atoms with Crippen molar-refractivity contribution in [3.05, 3.63) is 46.2 Å². The zero-order valence-corrected chi connectivity index (χ0v) is 20.5. The first-order valence-corrected chi connectivity index (χ1v) is 12.3. The molecule has 3 aromatic rings. The molecule has 1 fully saturated rings. The first kappa shape index (κ1) is 24.1. The van der Waals surface area contributed by atoms with Crippen LogP contribution in [0.4, 0.5) is 24.0 Å². The standard InChI is InChI=1S/C23H23ClF3N5O2S/c1-11-9-31(17-8-29-7-16-20(17)35-22(28)30-16)10-18(34-11)21(33)32-4-3-13-5-14(23(25,26)27)6-15(24)19(13)12(32)2/h5-8,11-12,18H,3-4,9-10H2,1-2H3,(H2,28,30)/t11-,12+,18-/m1/s1. The van der Waals surface area contributed by atoms with E-state index in [1.165, 1.54) is 11.3 Å². The van der Waals surface area contributed by atoms with E-state index in [1.54, 1.807) is 24.2 Å². The van der Waals surface area contributed by atoms with Crippen LogP contribution in [0.3, 0.4) is 0 Å². The summed E-state index contributed by atoms with van der Waals surface area (Å²) in [6.45, 7) is 4.82. The highest BCUT2D eigenvalue weighted by Gasteiger charge is 2.39. The lowest BCUT2D eigenvalue weighted by atomic mass is 9.91. The summed E-state index contributed by atoms with van der Waals surface area (Å²) in [6.07, 6.45) is -1.80. The van der Waals surface area contributed by atoms with Gasteiger partial charge in [-0.2, -0.15) is 13.2 Å². The number of morpholine rings is 1. The molecule has 4 heterocycles. The summed E-state index contributed by atoms with van der Waals surface area (Å²) in [5, 5.41) is 0.453. The highest BCUT2D eigenvalue weighted by atomic mass is 35.5. The van der Waals surface area contributed by atoms with Gasteiger partial charge < -0.3 is 20.3 Å². The summed E-state index contributed by atoms with van der Waals surface area (Å²) in [5.74, 6) is -0.223. The summed E-state index contributed by atoms with van der Waals surface area (Å²) in [4.78, 5) is 25.9. The van der Waals surface area contributed by atoms with Gasteiger partial charge in [0.15, 0.2) is 11.2 Å². The van der Waals surface area contributed by atoms with Gasteiger partial charge >= 0.3 is 6.18 Å². The summed E-state index contributed by atoms with van der Waals surface area (Å²) in [7, 11) is 0. The van der Waals surface area contributed by atoms with Gasteiger partial charge in [0.25, 0.3) is 5.91 Å². The Morgan fingerprint density at radius 1 is 1.26 bits per heavy atom. The summed E-state index contributed by atoms with van der Waals surface area (Å²) in [6, 6.07) is 1.58. The number of carbonyl (C=O) groups excluding carboxylic acids is 1.